The zero-order valence-electron chi connectivity index (χ0n) is 14.5. The Morgan fingerprint density at radius 2 is 1.85 bits per heavy atom. The number of benzene rings is 2. The van der Waals surface area contributed by atoms with Crippen LogP contribution in [-0.4, -0.2) is 19.2 Å². The van der Waals surface area contributed by atoms with Crippen LogP contribution in [-0.2, 0) is 16.4 Å². The molecule has 0 bridgehead atoms. The van der Waals surface area contributed by atoms with Crippen molar-refractivity contribution in [2.45, 2.75) is 18.2 Å². The number of halogens is 1. The minimum atomic E-state index is -3.85. The van der Waals surface area contributed by atoms with E-state index in [4.69, 9.17) is 11.6 Å². The zero-order chi connectivity index (χ0) is 19.4. The Morgan fingerprint density at radius 1 is 1.11 bits per heavy atom. The molecule has 0 spiro atoms. The second kappa shape index (κ2) is 7.90. The Hall–Kier alpha value is -2.70. The summed E-state index contributed by atoms with van der Waals surface area (Å²) in [6.45, 7) is 1.99. The lowest BCUT2D eigenvalue weighted by Crippen LogP contribution is -2.16. The lowest BCUT2D eigenvalue weighted by Gasteiger charge is -2.13. The van der Waals surface area contributed by atoms with Crippen LogP contribution in [0.15, 0.2) is 71.9 Å². The van der Waals surface area contributed by atoms with Gasteiger partial charge in [-0.15, -0.1) is 0 Å². The fourth-order valence-electron chi connectivity index (χ4n) is 2.55. The average Bonchev–Trinajstić information content (AvgIpc) is 2.69. The minimum absolute atomic E-state index is 0.120. The summed E-state index contributed by atoms with van der Waals surface area (Å²) < 4.78 is 28.0. The fraction of sp³-hybridized carbons (Fsp3) is 0.100. The molecule has 3 aromatic rings. The third-order valence-corrected chi connectivity index (χ3v) is 5.65. The van der Waals surface area contributed by atoms with Crippen LogP contribution in [0.3, 0.4) is 0 Å². The van der Waals surface area contributed by atoms with E-state index in [0.29, 0.717) is 10.6 Å². The predicted octanol–water partition coefficient (Wildman–Crippen LogP) is 4.33. The minimum Gasteiger partial charge on any atom is -0.288 e. The van der Waals surface area contributed by atoms with Gasteiger partial charge in [-0.2, -0.15) is 0 Å². The maximum Gasteiger partial charge on any atom is 0.261 e. The van der Waals surface area contributed by atoms with Crippen molar-refractivity contribution < 1.29 is 13.2 Å². The van der Waals surface area contributed by atoms with Gasteiger partial charge in [-0.05, 0) is 54.4 Å². The molecule has 7 heteroatoms. The number of rotatable bonds is 6. The maximum absolute atomic E-state index is 12.8. The summed E-state index contributed by atoms with van der Waals surface area (Å²) in [5.41, 5.74) is 1.69. The number of hydrogen-bond donors (Lipinski definition) is 1. The van der Waals surface area contributed by atoms with Crippen LogP contribution in [0.4, 0.5) is 5.69 Å². The highest BCUT2D eigenvalue weighted by Crippen LogP contribution is 2.26. The molecule has 0 amide bonds. The van der Waals surface area contributed by atoms with Crippen molar-refractivity contribution in [3.63, 3.8) is 0 Å². The normalized spacial score (nSPS) is 11.2. The maximum atomic E-state index is 12.8. The van der Waals surface area contributed by atoms with Crippen molar-refractivity contribution in [2.75, 3.05) is 4.72 Å². The van der Waals surface area contributed by atoms with Gasteiger partial charge in [-0.3, -0.25) is 14.5 Å². The second-order valence-electron chi connectivity index (χ2n) is 5.86. The summed E-state index contributed by atoms with van der Waals surface area (Å²) in [6.07, 6.45) is 3.79. The molecule has 138 valence electrons. The Bertz CT molecular complexity index is 1070. The lowest BCUT2D eigenvalue weighted by molar-refractivity contribution is 0.103. The zero-order valence-corrected chi connectivity index (χ0v) is 16.1. The van der Waals surface area contributed by atoms with Crippen molar-refractivity contribution in [1.29, 1.82) is 0 Å². The molecular formula is C20H17ClN2O3S. The first kappa shape index (κ1) is 19.1. The van der Waals surface area contributed by atoms with Gasteiger partial charge in [0.15, 0.2) is 5.78 Å². The predicted molar refractivity (Wildman–Crippen MR) is 106 cm³/mol. The Morgan fingerprint density at radius 3 is 2.48 bits per heavy atom. The smallest absolute Gasteiger partial charge is 0.261 e. The van der Waals surface area contributed by atoms with Gasteiger partial charge in [0.2, 0.25) is 0 Å². The van der Waals surface area contributed by atoms with E-state index in [9.17, 15) is 13.2 Å². The number of nitrogens with zero attached hydrogens (tertiary/aromatic N) is 1. The van der Waals surface area contributed by atoms with Gasteiger partial charge >= 0.3 is 0 Å². The van der Waals surface area contributed by atoms with Gasteiger partial charge in [-0.25, -0.2) is 8.42 Å². The van der Waals surface area contributed by atoms with Crippen LogP contribution in [0, 0.1) is 0 Å². The highest BCUT2D eigenvalue weighted by atomic mass is 35.5. The Labute approximate surface area is 163 Å². The van der Waals surface area contributed by atoms with Gasteiger partial charge in [0.25, 0.3) is 10.0 Å². The molecule has 3 rings (SSSR count). The summed E-state index contributed by atoms with van der Waals surface area (Å²) in [6, 6.07) is 14.3. The molecule has 0 saturated heterocycles. The number of carbonyl (C=O) groups excluding carboxylic acids is 1. The van der Waals surface area contributed by atoms with Gasteiger partial charge in [0, 0.05) is 28.5 Å². The quantitative estimate of drug-likeness (QED) is 0.625. The molecule has 2 aromatic carbocycles. The summed E-state index contributed by atoms with van der Waals surface area (Å²) >= 11 is 6.02. The monoisotopic (exact) mass is 400 g/mol. The SMILES string of the molecule is CCc1ccc(S(=O)(=O)Nc2ccc(Cl)cc2C(=O)c2cccnc2)cc1. The number of sulfonamides is 1. The van der Waals surface area contributed by atoms with E-state index in [-0.39, 0.29) is 21.9 Å². The molecule has 1 aromatic heterocycles. The van der Waals surface area contributed by atoms with Crippen molar-refractivity contribution >= 4 is 33.1 Å². The summed E-state index contributed by atoms with van der Waals surface area (Å²) in [5.74, 6) is -0.371. The van der Waals surface area contributed by atoms with Gasteiger partial charge in [0.05, 0.1) is 10.6 Å². The number of aryl methyl sites for hydroxylation is 1. The molecule has 0 saturated carbocycles. The third kappa shape index (κ3) is 4.35. The average molecular weight is 401 g/mol. The van der Waals surface area contributed by atoms with Crippen molar-refractivity contribution in [3.05, 3.63) is 88.7 Å². The molecule has 0 atom stereocenters. The number of hydrogen-bond acceptors (Lipinski definition) is 4. The summed E-state index contributed by atoms with van der Waals surface area (Å²) in [7, 11) is -3.85. The van der Waals surface area contributed by atoms with Crippen LogP contribution >= 0.6 is 11.6 Å². The molecule has 0 unspecified atom stereocenters. The van der Waals surface area contributed by atoms with Gasteiger partial charge in [0.1, 0.15) is 0 Å². The lowest BCUT2D eigenvalue weighted by atomic mass is 10.0. The third-order valence-electron chi connectivity index (χ3n) is 4.04. The van der Waals surface area contributed by atoms with Gasteiger partial charge < -0.3 is 0 Å². The Kier molecular flexibility index (Phi) is 5.58. The molecule has 1 heterocycles. The molecule has 27 heavy (non-hydrogen) atoms. The standard InChI is InChI=1S/C20H17ClN2O3S/c1-2-14-5-8-17(9-6-14)27(25,26)23-19-10-7-16(21)12-18(19)20(24)15-4-3-11-22-13-15/h3-13,23H,2H2,1H3. The number of pyridine rings is 1. The van der Waals surface area contributed by atoms with Crippen LogP contribution in [0.25, 0.3) is 0 Å². The first-order valence-electron chi connectivity index (χ1n) is 8.27. The van der Waals surface area contributed by atoms with E-state index < -0.39 is 10.0 Å². The van der Waals surface area contributed by atoms with Crippen LogP contribution in [0.1, 0.15) is 28.4 Å². The second-order valence-corrected chi connectivity index (χ2v) is 7.98. The van der Waals surface area contributed by atoms with Crippen LogP contribution in [0.2, 0.25) is 5.02 Å². The summed E-state index contributed by atoms with van der Waals surface area (Å²) in [5, 5.41) is 0.331. The van der Waals surface area contributed by atoms with Crippen molar-refractivity contribution in [3.8, 4) is 0 Å². The first-order valence-corrected chi connectivity index (χ1v) is 10.1. The molecule has 5 nitrogen and oxygen atoms in total. The number of nitrogens with one attached hydrogen (secondary N) is 1. The van der Waals surface area contributed by atoms with Gasteiger partial charge in [-0.1, -0.05) is 30.7 Å². The van der Waals surface area contributed by atoms with E-state index in [2.05, 4.69) is 9.71 Å². The number of anilines is 1. The first-order chi connectivity index (χ1) is 12.9. The topological polar surface area (TPSA) is 76.1 Å². The molecule has 0 fully saturated rings. The highest BCUT2D eigenvalue weighted by molar-refractivity contribution is 7.92. The summed E-state index contributed by atoms with van der Waals surface area (Å²) in [4.78, 5) is 16.8. The largest absolute Gasteiger partial charge is 0.288 e. The van der Waals surface area contributed by atoms with Crippen LogP contribution < -0.4 is 4.72 Å². The van der Waals surface area contributed by atoms with E-state index in [1.165, 1.54) is 24.4 Å². The highest BCUT2D eigenvalue weighted by Gasteiger charge is 2.20. The van der Waals surface area contributed by atoms with Crippen molar-refractivity contribution in [1.82, 2.24) is 4.98 Å². The van der Waals surface area contributed by atoms with Crippen molar-refractivity contribution in [2.24, 2.45) is 0 Å². The molecule has 0 aliphatic heterocycles. The Balaban J connectivity index is 1.98. The van der Waals surface area contributed by atoms with E-state index in [1.54, 1.807) is 42.6 Å². The number of aromatic nitrogens is 1. The van der Waals surface area contributed by atoms with E-state index >= 15 is 0 Å². The number of ketones is 1. The van der Waals surface area contributed by atoms with E-state index in [1.807, 2.05) is 6.92 Å². The number of carbonyl (C=O) groups is 1. The fourth-order valence-corrected chi connectivity index (χ4v) is 3.81. The molecule has 0 aliphatic rings. The molecule has 0 aliphatic carbocycles. The molecule has 1 N–H and O–H groups in total. The van der Waals surface area contributed by atoms with Crippen LogP contribution in [0.5, 0.6) is 0 Å². The molecule has 0 radical (unpaired) electrons. The van der Waals surface area contributed by atoms with E-state index in [0.717, 1.165) is 12.0 Å². The molecular weight excluding hydrogens is 384 g/mol.